The summed E-state index contributed by atoms with van der Waals surface area (Å²) in [6.45, 7) is 1.25. The minimum absolute atomic E-state index is 0.238. The highest BCUT2D eigenvalue weighted by molar-refractivity contribution is 5.97. The summed E-state index contributed by atoms with van der Waals surface area (Å²) >= 11 is 0. The molecule has 44 heavy (non-hydrogen) atoms. The molecule has 2 aliphatic rings. The van der Waals surface area contributed by atoms with Crippen molar-refractivity contribution < 1.29 is 102 Å². The summed E-state index contributed by atoms with van der Waals surface area (Å²) in [7, 11) is 0. The van der Waals surface area contributed by atoms with Crippen LogP contribution in [0.4, 0.5) is 0 Å². The van der Waals surface area contributed by atoms with Gasteiger partial charge in [-0.25, -0.2) is 87.0 Å². The fourth-order valence-electron chi connectivity index (χ4n) is 2.78. The number of hydrogen-bond acceptors (Lipinski definition) is 21. The third-order valence-corrected chi connectivity index (χ3v) is 4.74. The van der Waals surface area contributed by atoms with Crippen LogP contribution in [-0.4, -0.2) is 82.6 Å². The van der Waals surface area contributed by atoms with Crippen molar-refractivity contribution in [1.82, 2.24) is 0 Å². The Balaban J connectivity index is 2.23. The summed E-state index contributed by atoms with van der Waals surface area (Å²) in [6, 6.07) is 0. The summed E-state index contributed by atoms with van der Waals surface area (Å²) in [4.78, 5) is 152. The molecule has 2 heterocycles. The molecule has 21 nitrogen and oxygen atoms in total. The Labute approximate surface area is 242 Å². The Morgan fingerprint density at radius 2 is 1.25 bits per heavy atom. The summed E-state index contributed by atoms with van der Waals surface area (Å²) in [6.07, 6.45) is -5.08. The van der Waals surface area contributed by atoms with Crippen molar-refractivity contribution in [1.29, 1.82) is 0 Å². The van der Waals surface area contributed by atoms with Crippen LogP contribution in [0.15, 0.2) is 36.5 Å². The molecule has 0 aromatic rings. The highest BCUT2D eigenvalue weighted by atomic mass is 17.2. The smallest absolute Gasteiger partial charge is 0.402 e. The molecule has 0 saturated heterocycles. The van der Waals surface area contributed by atoms with E-state index >= 15 is 0 Å². The standard InChI is InChI=1S/C23H18O21/c1-2-12(24)23(10-20(32)42-38-16(28)6-8-18(30)40-44-22(23)34)36-14(26)4-3-13(25)35-11-9-19(31)41-37-15(27)5-7-17(29)39-43-21(11)33/h3-8,11-12,24H,2,9-10H2,1H3/b4-3+,7-5-,8-6-. The molecular weight excluding hydrogens is 612 g/mol. The summed E-state index contributed by atoms with van der Waals surface area (Å²) in [5.74, 6) is -15.4. The predicted molar refractivity (Wildman–Crippen MR) is 120 cm³/mol. The molecule has 0 bridgehead atoms. The van der Waals surface area contributed by atoms with E-state index in [0.29, 0.717) is 24.3 Å². The fourth-order valence-corrected chi connectivity index (χ4v) is 2.78. The van der Waals surface area contributed by atoms with E-state index in [9.17, 15) is 53.1 Å². The van der Waals surface area contributed by atoms with Gasteiger partial charge in [-0.2, -0.15) is 0 Å². The van der Waals surface area contributed by atoms with Gasteiger partial charge < -0.3 is 14.6 Å². The van der Waals surface area contributed by atoms with Gasteiger partial charge in [-0.3, -0.25) is 0 Å². The summed E-state index contributed by atoms with van der Waals surface area (Å²) < 4.78 is 9.53. The lowest BCUT2D eigenvalue weighted by atomic mass is 9.90. The van der Waals surface area contributed by atoms with Gasteiger partial charge in [0.1, 0.15) is 12.5 Å². The SMILES string of the molecule is CCC(O)C1(OC(=O)/C=C/C(=O)OC2CC(=O)OOC(=O)/C=C\C(=O)OOC2=O)CC(=O)OOC(=O)/C=C\C(=O)OOC1=O. The number of esters is 2. The maximum atomic E-state index is 12.8. The molecule has 21 heteroatoms. The molecule has 0 fully saturated rings. The van der Waals surface area contributed by atoms with Gasteiger partial charge in [0, 0.05) is 36.5 Å². The Kier molecular flexibility index (Phi) is 12.2. The van der Waals surface area contributed by atoms with Gasteiger partial charge >= 0.3 is 59.7 Å². The lowest BCUT2D eigenvalue weighted by Gasteiger charge is -2.32. The number of rotatable bonds is 6. The molecular formula is C23H18O21. The maximum Gasteiger partial charge on any atom is 0.402 e. The first kappa shape index (κ1) is 34.1. The van der Waals surface area contributed by atoms with Crippen LogP contribution >= 0.6 is 0 Å². The maximum absolute atomic E-state index is 12.8. The Bertz CT molecular complexity index is 1320. The van der Waals surface area contributed by atoms with Crippen LogP contribution in [0.1, 0.15) is 26.2 Å². The van der Waals surface area contributed by atoms with Gasteiger partial charge in [0.05, 0.1) is 6.42 Å². The average molecular weight is 630 g/mol. The molecule has 3 atom stereocenters. The van der Waals surface area contributed by atoms with E-state index in [1.165, 1.54) is 6.92 Å². The third kappa shape index (κ3) is 10.4. The van der Waals surface area contributed by atoms with Crippen molar-refractivity contribution >= 4 is 59.7 Å². The largest absolute Gasteiger partial charge is 0.446 e. The van der Waals surface area contributed by atoms with E-state index in [1.807, 2.05) is 0 Å². The van der Waals surface area contributed by atoms with Gasteiger partial charge in [-0.15, -0.1) is 0 Å². The summed E-state index contributed by atoms with van der Waals surface area (Å²) in [5.41, 5.74) is -3.04. The first-order chi connectivity index (χ1) is 20.7. The van der Waals surface area contributed by atoms with Crippen LogP contribution < -0.4 is 0 Å². The number of carbonyl (C=O) groups is 10. The van der Waals surface area contributed by atoms with Crippen molar-refractivity contribution in [3.05, 3.63) is 36.5 Å². The van der Waals surface area contributed by atoms with Gasteiger partial charge in [-0.1, -0.05) is 6.92 Å². The number of ether oxygens (including phenoxy) is 2. The molecule has 0 aliphatic carbocycles. The third-order valence-electron chi connectivity index (χ3n) is 4.74. The zero-order valence-corrected chi connectivity index (χ0v) is 21.9. The van der Waals surface area contributed by atoms with E-state index in [0.717, 1.165) is 0 Å². The minimum atomic E-state index is -3.04. The quantitative estimate of drug-likeness (QED) is 0.179. The highest BCUT2D eigenvalue weighted by Crippen LogP contribution is 2.27. The summed E-state index contributed by atoms with van der Waals surface area (Å²) in [5, 5.41) is 10.5. The van der Waals surface area contributed by atoms with E-state index in [1.54, 1.807) is 0 Å². The second-order valence-electron chi connectivity index (χ2n) is 7.83. The molecule has 3 unspecified atom stereocenters. The number of aliphatic hydroxyl groups excluding tert-OH is 1. The zero-order chi connectivity index (χ0) is 32.9. The molecule has 2 aliphatic heterocycles. The molecule has 1 N–H and O–H groups in total. The topological polar surface area (TPSA) is 283 Å². The molecule has 0 saturated carbocycles. The average Bonchev–Trinajstić information content (AvgIpc) is 2.98. The van der Waals surface area contributed by atoms with Crippen molar-refractivity contribution in [2.45, 2.75) is 44.0 Å². The van der Waals surface area contributed by atoms with Crippen molar-refractivity contribution in [2.75, 3.05) is 0 Å². The van der Waals surface area contributed by atoms with Crippen molar-refractivity contribution in [3.63, 3.8) is 0 Å². The Morgan fingerprint density at radius 3 is 1.80 bits per heavy atom. The van der Waals surface area contributed by atoms with E-state index < -0.39 is 96.8 Å². The van der Waals surface area contributed by atoms with Crippen LogP contribution in [0.5, 0.6) is 0 Å². The molecule has 0 spiro atoms. The fraction of sp³-hybridized carbons (Fsp3) is 0.304. The molecule has 0 amide bonds. The molecule has 0 radical (unpaired) electrons. The van der Waals surface area contributed by atoms with Gasteiger partial charge in [-0.05, 0) is 6.42 Å². The number of aliphatic hydroxyl groups is 1. The molecule has 236 valence electrons. The first-order valence-corrected chi connectivity index (χ1v) is 11.6. The molecule has 0 aromatic heterocycles. The van der Waals surface area contributed by atoms with Crippen LogP contribution in [0, 0.1) is 0 Å². The zero-order valence-electron chi connectivity index (χ0n) is 21.9. The number of hydrogen-bond donors (Lipinski definition) is 1. The Morgan fingerprint density at radius 1 is 0.773 bits per heavy atom. The highest BCUT2D eigenvalue weighted by Gasteiger charge is 2.54. The second kappa shape index (κ2) is 15.8. The van der Waals surface area contributed by atoms with E-state index in [4.69, 9.17) is 4.74 Å². The monoisotopic (exact) mass is 630 g/mol. The van der Waals surface area contributed by atoms with Gasteiger partial charge in [0.25, 0.3) is 0 Å². The van der Waals surface area contributed by atoms with Gasteiger partial charge in [0.2, 0.25) is 11.7 Å². The normalized spacial score (nSPS) is 24.3. The van der Waals surface area contributed by atoms with Crippen LogP contribution in [0.2, 0.25) is 0 Å². The second-order valence-corrected chi connectivity index (χ2v) is 7.83. The minimum Gasteiger partial charge on any atom is -0.446 e. The van der Waals surface area contributed by atoms with Crippen LogP contribution in [0.25, 0.3) is 0 Å². The van der Waals surface area contributed by atoms with E-state index in [2.05, 4.69) is 43.8 Å². The molecule has 0 aromatic carbocycles. The van der Waals surface area contributed by atoms with Gasteiger partial charge in [0.15, 0.2) is 0 Å². The predicted octanol–water partition coefficient (Wildman–Crippen LogP) is -2.57. The molecule has 2 rings (SSSR count). The lowest BCUT2D eigenvalue weighted by Crippen LogP contribution is -2.55. The lowest BCUT2D eigenvalue weighted by molar-refractivity contribution is -0.279. The van der Waals surface area contributed by atoms with Crippen molar-refractivity contribution in [3.8, 4) is 0 Å². The van der Waals surface area contributed by atoms with Crippen LogP contribution in [-0.2, 0) is 96.5 Å². The van der Waals surface area contributed by atoms with Crippen LogP contribution in [0.3, 0.4) is 0 Å². The number of carbonyl (C=O) groups excluding carboxylic acids is 10. The van der Waals surface area contributed by atoms with E-state index in [-0.39, 0.29) is 12.2 Å². The van der Waals surface area contributed by atoms with Crippen molar-refractivity contribution in [2.24, 2.45) is 0 Å². The Hall–Kier alpha value is -6.12. The first-order valence-electron chi connectivity index (χ1n) is 11.6.